The van der Waals surface area contributed by atoms with Crippen molar-refractivity contribution in [2.75, 3.05) is 50.8 Å². The number of piperazine rings is 1. The summed E-state index contributed by atoms with van der Waals surface area (Å²) in [5.41, 5.74) is 0.704. The average molecular weight is 413 g/mol. The Labute approximate surface area is 175 Å². The van der Waals surface area contributed by atoms with Crippen molar-refractivity contribution >= 4 is 17.8 Å². The second kappa shape index (κ2) is 9.15. The molecule has 0 bridgehead atoms. The summed E-state index contributed by atoms with van der Waals surface area (Å²) >= 11 is 0. The quantitative estimate of drug-likeness (QED) is 0.759. The molecule has 2 aromatic rings. The van der Waals surface area contributed by atoms with Crippen molar-refractivity contribution in [2.24, 2.45) is 5.92 Å². The Hall–Kier alpha value is -3.10. The number of carbonyl (C=O) groups excluding carboxylic acids is 2. The summed E-state index contributed by atoms with van der Waals surface area (Å²) in [5, 5.41) is 8.58. The van der Waals surface area contributed by atoms with Gasteiger partial charge in [-0.3, -0.25) is 4.79 Å². The molecular formula is C21H27N5O4. The van der Waals surface area contributed by atoms with Gasteiger partial charge < -0.3 is 23.9 Å². The van der Waals surface area contributed by atoms with Crippen LogP contribution in [0.4, 0.5) is 10.6 Å². The maximum Gasteiger partial charge on any atom is 0.409 e. The summed E-state index contributed by atoms with van der Waals surface area (Å²) < 4.78 is 10.4. The van der Waals surface area contributed by atoms with Gasteiger partial charge in [-0.25, -0.2) is 4.79 Å². The number of furan rings is 1. The molecular weight excluding hydrogens is 386 g/mol. The highest BCUT2D eigenvalue weighted by molar-refractivity contribution is 5.79. The lowest BCUT2D eigenvalue weighted by Gasteiger charge is -2.38. The van der Waals surface area contributed by atoms with Crippen LogP contribution >= 0.6 is 0 Å². The SMILES string of the molecule is CCOC(=O)N1CCN(C(=O)C2CCN(c3ccc(-c4ccco4)nn3)CC2)CC1. The number of ether oxygens (including phenoxy) is 1. The van der Waals surface area contributed by atoms with Crippen LogP contribution in [0.15, 0.2) is 34.9 Å². The molecule has 0 unspecified atom stereocenters. The van der Waals surface area contributed by atoms with Gasteiger partial charge in [0.25, 0.3) is 0 Å². The van der Waals surface area contributed by atoms with E-state index in [1.165, 1.54) is 0 Å². The van der Waals surface area contributed by atoms with Crippen molar-refractivity contribution in [1.29, 1.82) is 0 Å². The summed E-state index contributed by atoms with van der Waals surface area (Å²) in [7, 11) is 0. The Kier molecular flexibility index (Phi) is 6.15. The second-order valence-electron chi connectivity index (χ2n) is 7.53. The molecule has 0 N–H and O–H groups in total. The van der Waals surface area contributed by atoms with E-state index in [4.69, 9.17) is 9.15 Å². The first-order valence-electron chi connectivity index (χ1n) is 10.5. The molecule has 2 amide bonds. The van der Waals surface area contributed by atoms with E-state index in [9.17, 15) is 9.59 Å². The van der Waals surface area contributed by atoms with Gasteiger partial charge in [0.05, 0.1) is 12.9 Å². The van der Waals surface area contributed by atoms with Crippen molar-refractivity contribution in [3.63, 3.8) is 0 Å². The molecule has 0 saturated carbocycles. The summed E-state index contributed by atoms with van der Waals surface area (Å²) in [6, 6.07) is 7.53. The van der Waals surface area contributed by atoms with E-state index in [0.717, 1.165) is 31.7 Å². The molecule has 4 rings (SSSR count). The largest absolute Gasteiger partial charge is 0.463 e. The monoisotopic (exact) mass is 413 g/mol. The van der Waals surface area contributed by atoms with Crippen LogP contribution in [-0.2, 0) is 9.53 Å². The first-order chi connectivity index (χ1) is 14.7. The van der Waals surface area contributed by atoms with E-state index in [2.05, 4.69) is 15.1 Å². The zero-order chi connectivity index (χ0) is 20.9. The van der Waals surface area contributed by atoms with E-state index >= 15 is 0 Å². The van der Waals surface area contributed by atoms with Crippen LogP contribution in [0.5, 0.6) is 0 Å². The molecule has 0 aromatic carbocycles. The highest BCUT2D eigenvalue weighted by atomic mass is 16.6. The van der Waals surface area contributed by atoms with Gasteiger partial charge in [-0.2, -0.15) is 0 Å². The molecule has 9 nitrogen and oxygen atoms in total. The van der Waals surface area contributed by atoms with Crippen LogP contribution in [0.25, 0.3) is 11.5 Å². The van der Waals surface area contributed by atoms with Gasteiger partial charge in [-0.15, -0.1) is 10.2 Å². The number of carbonyl (C=O) groups is 2. The Morgan fingerprint density at radius 3 is 2.37 bits per heavy atom. The fourth-order valence-corrected chi connectivity index (χ4v) is 3.99. The van der Waals surface area contributed by atoms with Gasteiger partial charge in [0, 0.05) is 45.2 Å². The lowest BCUT2D eigenvalue weighted by molar-refractivity contribution is -0.137. The van der Waals surface area contributed by atoms with Gasteiger partial charge in [0.2, 0.25) is 5.91 Å². The molecule has 4 heterocycles. The van der Waals surface area contributed by atoms with Crippen molar-refractivity contribution in [3.8, 4) is 11.5 Å². The maximum atomic E-state index is 12.9. The van der Waals surface area contributed by atoms with Crippen LogP contribution in [0, 0.1) is 5.92 Å². The third kappa shape index (κ3) is 4.39. The smallest absolute Gasteiger partial charge is 0.409 e. The normalized spacial score (nSPS) is 17.8. The number of piperidine rings is 1. The van der Waals surface area contributed by atoms with Gasteiger partial charge in [0.1, 0.15) is 5.69 Å². The first-order valence-corrected chi connectivity index (χ1v) is 10.5. The van der Waals surface area contributed by atoms with Gasteiger partial charge in [-0.05, 0) is 44.0 Å². The minimum Gasteiger partial charge on any atom is -0.463 e. The van der Waals surface area contributed by atoms with E-state index < -0.39 is 0 Å². The van der Waals surface area contributed by atoms with Gasteiger partial charge >= 0.3 is 6.09 Å². The minimum atomic E-state index is -0.294. The van der Waals surface area contributed by atoms with Crippen LogP contribution in [0.3, 0.4) is 0 Å². The van der Waals surface area contributed by atoms with Gasteiger partial charge in [0.15, 0.2) is 11.6 Å². The maximum absolute atomic E-state index is 12.9. The van der Waals surface area contributed by atoms with Crippen molar-refractivity contribution in [3.05, 3.63) is 30.5 Å². The number of amides is 2. The molecule has 9 heteroatoms. The van der Waals surface area contributed by atoms with E-state index in [1.54, 1.807) is 18.1 Å². The highest BCUT2D eigenvalue weighted by Crippen LogP contribution is 2.25. The number of aromatic nitrogens is 2. The van der Waals surface area contributed by atoms with Gasteiger partial charge in [-0.1, -0.05) is 0 Å². The zero-order valence-electron chi connectivity index (χ0n) is 17.2. The average Bonchev–Trinajstić information content (AvgIpc) is 3.34. The van der Waals surface area contributed by atoms with Crippen LogP contribution < -0.4 is 4.90 Å². The molecule has 2 saturated heterocycles. The Balaban J connectivity index is 1.26. The van der Waals surface area contributed by atoms with Crippen molar-refractivity contribution in [1.82, 2.24) is 20.0 Å². The third-order valence-electron chi connectivity index (χ3n) is 5.71. The molecule has 30 heavy (non-hydrogen) atoms. The predicted molar refractivity (Wildman–Crippen MR) is 110 cm³/mol. The summed E-state index contributed by atoms with van der Waals surface area (Å²) in [6.07, 6.45) is 2.90. The number of anilines is 1. The number of rotatable bonds is 4. The highest BCUT2D eigenvalue weighted by Gasteiger charge is 2.32. The summed E-state index contributed by atoms with van der Waals surface area (Å²) in [6.45, 7) is 5.90. The number of hydrogen-bond donors (Lipinski definition) is 0. The first kappa shape index (κ1) is 20.2. The van der Waals surface area contributed by atoms with E-state index in [0.29, 0.717) is 44.2 Å². The second-order valence-corrected chi connectivity index (χ2v) is 7.53. The van der Waals surface area contributed by atoms with Crippen molar-refractivity contribution in [2.45, 2.75) is 19.8 Å². The molecule has 0 aliphatic carbocycles. The standard InChI is InChI=1S/C21H27N5O4/c1-2-29-21(28)26-13-11-25(12-14-26)20(27)16-7-9-24(10-8-16)19-6-5-17(22-23-19)18-4-3-15-30-18/h3-6,15-16H,2,7-14H2,1H3. The van der Waals surface area contributed by atoms with E-state index in [-0.39, 0.29) is 17.9 Å². The molecule has 2 fully saturated rings. The Morgan fingerprint density at radius 1 is 1.03 bits per heavy atom. The van der Waals surface area contributed by atoms with Crippen LogP contribution in [-0.4, -0.2) is 77.9 Å². The molecule has 0 radical (unpaired) electrons. The lowest BCUT2D eigenvalue weighted by atomic mass is 9.95. The van der Waals surface area contributed by atoms with E-state index in [1.807, 2.05) is 29.2 Å². The molecule has 2 aliphatic heterocycles. The molecule has 2 aromatic heterocycles. The number of hydrogen-bond acceptors (Lipinski definition) is 7. The summed E-state index contributed by atoms with van der Waals surface area (Å²) in [5.74, 6) is 1.73. The third-order valence-corrected chi connectivity index (χ3v) is 5.71. The molecule has 0 spiro atoms. The Morgan fingerprint density at radius 2 is 1.77 bits per heavy atom. The number of nitrogens with zero attached hydrogens (tertiary/aromatic N) is 5. The zero-order valence-corrected chi connectivity index (χ0v) is 17.2. The van der Waals surface area contributed by atoms with Crippen molar-refractivity contribution < 1.29 is 18.7 Å². The lowest BCUT2D eigenvalue weighted by Crippen LogP contribution is -2.53. The molecule has 0 atom stereocenters. The minimum absolute atomic E-state index is 0.0192. The fourth-order valence-electron chi connectivity index (χ4n) is 3.99. The van der Waals surface area contributed by atoms with Crippen LogP contribution in [0.1, 0.15) is 19.8 Å². The molecule has 160 valence electrons. The fraction of sp³-hybridized carbons (Fsp3) is 0.524. The predicted octanol–water partition coefficient (Wildman–Crippen LogP) is 2.25. The topological polar surface area (TPSA) is 92.0 Å². The summed E-state index contributed by atoms with van der Waals surface area (Å²) in [4.78, 5) is 30.4. The Bertz CT molecular complexity index is 839. The molecule has 2 aliphatic rings. The van der Waals surface area contributed by atoms with Crippen LogP contribution in [0.2, 0.25) is 0 Å².